The van der Waals surface area contributed by atoms with Crippen LogP contribution in [0.1, 0.15) is 54.8 Å². The molecule has 0 bridgehead atoms. The van der Waals surface area contributed by atoms with Crippen LogP contribution in [0.15, 0.2) is 57.6 Å². The van der Waals surface area contributed by atoms with Crippen LogP contribution >= 0.6 is 0 Å². The van der Waals surface area contributed by atoms with Crippen LogP contribution in [0.5, 0.6) is 5.75 Å². The Labute approximate surface area is 181 Å². The van der Waals surface area contributed by atoms with Crippen LogP contribution in [-0.4, -0.2) is 18.4 Å². The lowest BCUT2D eigenvalue weighted by Crippen LogP contribution is -2.38. The Hall–Kier alpha value is -3.48. The van der Waals surface area contributed by atoms with Crippen LogP contribution in [0.4, 0.5) is 5.69 Å². The molecule has 0 aliphatic carbocycles. The van der Waals surface area contributed by atoms with Crippen LogP contribution in [0.3, 0.4) is 0 Å². The molecule has 1 N–H and O–H groups in total. The van der Waals surface area contributed by atoms with Gasteiger partial charge in [-0.3, -0.25) is 14.5 Å². The molecule has 2 aromatic heterocycles. The number of carbonyl (C=O) groups excluding carboxylic acids is 2. The van der Waals surface area contributed by atoms with Crippen molar-refractivity contribution < 1.29 is 23.2 Å². The molecule has 0 saturated carbocycles. The third-order valence-corrected chi connectivity index (χ3v) is 5.77. The zero-order valence-corrected chi connectivity index (χ0v) is 17.9. The van der Waals surface area contributed by atoms with E-state index in [0.29, 0.717) is 17.3 Å². The van der Waals surface area contributed by atoms with Crippen molar-refractivity contribution in [2.75, 3.05) is 11.5 Å². The van der Waals surface area contributed by atoms with Gasteiger partial charge < -0.3 is 18.9 Å². The molecule has 0 radical (unpaired) electrons. The SMILES string of the molecule is CCC(C)(C)c1ccc2c(c1)N(Cc1ccc(C(=O)NCc3ccco3)o1)C(=O)CO2. The maximum atomic E-state index is 12.6. The molecule has 1 aliphatic heterocycles. The van der Waals surface area contributed by atoms with E-state index in [1.54, 1.807) is 35.4 Å². The van der Waals surface area contributed by atoms with E-state index in [1.165, 1.54) is 0 Å². The summed E-state index contributed by atoms with van der Waals surface area (Å²) < 4.78 is 16.6. The number of nitrogens with one attached hydrogen (secondary N) is 1. The second-order valence-electron chi connectivity index (χ2n) is 8.22. The van der Waals surface area contributed by atoms with E-state index in [0.717, 1.165) is 17.7 Å². The molecule has 0 fully saturated rings. The molecule has 0 atom stereocenters. The van der Waals surface area contributed by atoms with Crippen molar-refractivity contribution in [2.45, 2.75) is 45.7 Å². The smallest absolute Gasteiger partial charge is 0.287 e. The third kappa shape index (κ3) is 4.35. The van der Waals surface area contributed by atoms with Crippen LogP contribution in [0, 0.1) is 0 Å². The van der Waals surface area contributed by atoms with Crippen molar-refractivity contribution in [3.05, 3.63) is 71.6 Å². The first-order chi connectivity index (χ1) is 14.9. The maximum absolute atomic E-state index is 12.6. The number of hydrogen-bond donors (Lipinski definition) is 1. The second kappa shape index (κ2) is 8.34. The zero-order chi connectivity index (χ0) is 22.0. The summed E-state index contributed by atoms with van der Waals surface area (Å²) in [6.07, 6.45) is 2.52. The number of anilines is 1. The molecule has 0 unspecified atom stereocenters. The topological polar surface area (TPSA) is 84.9 Å². The van der Waals surface area contributed by atoms with Crippen LogP contribution in [0.2, 0.25) is 0 Å². The molecule has 2 amide bonds. The number of rotatable bonds is 7. The normalized spacial score (nSPS) is 13.6. The number of ether oxygens (including phenoxy) is 1. The number of amides is 2. The summed E-state index contributed by atoms with van der Waals surface area (Å²) in [5.41, 5.74) is 1.83. The van der Waals surface area contributed by atoms with E-state index >= 15 is 0 Å². The molecule has 3 aromatic rings. The molecule has 0 spiro atoms. The van der Waals surface area contributed by atoms with Gasteiger partial charge in [0.2, 0.25) is 0 Å². The molecule has 0 saturated heterocycles. The average molecular weight is 422 g/mol. The van der Waals surface area contributed by atoms with Crippen LogP contribution in [-0.2, 0) is 23.3 Å². The largest absolute Gasteiger partial charge is 0.482 e. The van der Waals surface area contributed by atoms with Crippen LogP contribution in [0.25, 0.3) is 0 Å². The number of nitrogens with zero attached hydrogens (tertiary/aromatic N) is 1. The molecule has 1 aromatic carbocycles. The monoisotopic (exact) mass is 422 g/mol. The Kier molecular flexibility index (Phi) is 5.59. The van der Waals surface area contributed by atoms with E-state index in [-0.39, 0.29) is 42.7 Å². The minimum absolute atomic E-state index is 0.0227. The van der Waals surface area contributed by atoms with Gasteiger partial charge in [-0.15, -0.1) is 0 Å². The van der Waals surface area contributed by atoms with Gasteiger partial charge >= 0.3 is 0 Å². The fourth-order valence-corrected chi connectivity index (χ4v) is 3.41. The standard InChI is InChI=1S/C24H26N2O5/c1-4-24(2,3)16-7-9-20-19(12-16)26(22(27)15-30-20)14-18-8-10-21(31-18)23(28)25-13-17-6-5-11-29-17/h5-12H,4,13-15H2,1-3H3,(H,25,28). The lowest BCUT2D eigenvalue weighted by atomic mass is 9.82. The highest BCUT2D eigenvalue weighted by Crippen LogP contribution is 2.38. The number of hydrogen-bond acceptors (Lipinski definition) is 5. The highest BCUT2D eigenvalue weighted by Gasteiger charge is 2.29. The van der Waals surface area contributed by atoms with E-state index in [1.807, 2.05) is 18.2 Å². The Morgan fingerprint density at radius 2 is 2.00 bits per heavy atom. The van der Waals surface area contributed by atoms with Crippen molar-refractivity contribution in [1.82, 2.24) is 5.32 Å². The Morgan fingerprint density at radius 3 is 2.74 bits per heavy atom. The number of furan rings is 2. The molecule has 7 heteroatoms. The fraction of sp³-hybridized carbons (Fsp3) is 0.333. The molecule has 7 nitrogen and oxygen atoms in total. The third-order valence-electron chi connectivity index (χ3n) is 5.77. The van der Waals surface area contributed by atoms with Crippen LogP contribution < -0.4 is 15.0 Å². The highest BCUT2D eigenvalue weighted by atomic mass is 16.5. The first kappa shape index (κ1) is 20.8. The maximum Gasteiger partial charge on any atom is 0.287 e. The second-order valence-corrected chi connectivity index (χ2v) is 8.22. The van der Waals surface area contributed by atoms with E-state index < -0.39 is 0 Å². The first-order valence-corrected chi connectivity index (χ1v) is 10.3. The van der Waals surface area contributed by atoms with Gasteiger partial charge in [-0.2, -0.15) is 0 Å². The molecular weight excluding hydrogens is 396 g/mol. The van der Waals surface area contributed by atoms with Crippen molar-refractivity contribution in [3.8, 4) is 5.75 Å². The molecule has 4 rings (SSSR count). The quantitative estimate of drug-likeness (QED) is 0.609. The summed E-state index contributed by atoms with van der Waals surface area (Å²) in [5.74, 6) is 1.52. The van der Waals surface area contributed by atoms with Gasteiger partial charge in [-0.1, -0.05) is 26.8 Å². The average Bonchev–Trinajstić information content (AvgIpc) is 3.46. The van der Waals surface area contributed by atoms with E-state index in [4.69, 9.17) is 13.6 Å². The van der Waals surface area contributed by atoms with Gasteiger partial charge in [0.1, 0.15) is 17.3 Å². The minimum atomic E-state index is -0.344. The van der Waals surface area contributed by atoms with Gasteiger partial charge in [-0.05, 0) is 53.8 Å². The lowest BCUT2D eigenvalue weighted by molar-refractivity contribution is -0.121. The number of carbonyl (C=O) groups is 2. The predicted octanol–water partition coefficient (Wildman–Crippen LogP) is 4.42. The fourth-order valence-electron chi connectivity index (χ4n) is 3.41. The summed E-state index contributed by atoms with van der Waals surface area (Å²) >= 11 is 0. The van der Waals surface area contributed by atoms with Gasteiger partial charge in [0.05, 0.1) is 25.0 Å². The Morgan fingerprint density at radius 1 is 1.16 bits per heavy atom. The van der Waals surface area contributed by atoms with Crippen molar-refractivity contribution in [3.63, 3.8) is 0 Å². The summed E-state index contributed by atoms with van der Waals surface area (Å²) in [6, 6.07) is 12.8. The van der Waals surface area contributed by atoms with E-state index in [9.17, 15) is 9.59 Å². The molecular formula is C24H26N2O5. The summed E-state index contributed by atoms with van der Waals surface area (Å²) in [6.45, 7) is 6.94. The first-order valence-electron chi connectivity index (χ1n) is 10.3. The zero-order valence-electron chi connectivity index (χ0n) is 17.9. The Balaban J connectivity index is 1.51. The Bertz CT molecular complexity index is 1080. The summed E-state index contributed by atoms with van der Waals surface area (Å²) in [5, 5.41) is 2.75. The van der Waals surface area contributed by atoms with E-state index in [2.05, 4.69) is 26.1 Å². The highest BCUT2D eigenvalue weighted by molar-refractivity contribution is 5.98. The predicted molar refractivity (Wildman–Crippen MR) is 115 cm³/mol. The van der Waals surface area contributed by atoms with Crippen molar-refractivity contribution >= 4 is 17.5 Å². The van der Waals surface area contributed by atoms with Crippen molar-refractivity contribution in [2.24, 2.45) is 0 Å². The molecule has 3 heterocycles. The molecule has 162 valence electrons. The van der Waals surface area contributed by atoms with Gasteiger partial charge in [0, 0.05) is 0 Å². The van der Waals surface area contributed by atoms with Crippen molar-refractivity contribution in [1.29, 1.82) is 0 Å². The molecule has 31 heavy (non-hydrogen) atoms. The van der Waals surface area contributed by atoms with Gasteiger partial charge in [-0.25, -0.2) is 0 Å². The number of fused-ring (bicyclic) bond motifs is 1. The van der Waals surface area contributed by atoms with Gasteiger partial charge in [0.25, 0.3) is 11.8 Å². The molecule has 1 aliphatic rings. The lowest BCUT2D eigenvalue weighted by Gasteiger charge is -2.31. The number of benzene rings is 1. The summed E-state index contributed by atoms with van der Waals surface area (Å²) in [7, 11) is 0. The minimum Gasteiger partial charge on any atom is -0.482 e. The summed E-state index contributed by atoms with van der Waals surface area (Å²) in [4.78, 5) is 26.6. The van der Waals surface area contributed by atoms with Gasteiger partial charge in [0.15, 0.2) is 12.4 Å².